The second-order valence-electron chi connectivity index (χ2n) is 3.92. The first kappa shape index (κ1) is 12.0. The molecular formula is C13H13N3O2. The third kappa shape index (κ3) is 2.29. The van der Waals surface area contributed by atoms with Gasteiger partial charge in [-0.3, -0.25) is 9.97 Å². The van der Waals surface area contributed by atoms with Crippen LogP contribution in [0.4, 0.5) is 11.4 Å². The van der Waals surface area contributed by atoms with E-state index in [1.807, 2.05) is 13.0 Å². The van der Waals surface area contributed by atoms with E-state index in [9.17, 15) is 9.90 Å². The molecule has 0 atom stereocenters. The van der Waals surface area contributed by atoms with Crippen molar-refractivity contribution in [2.75, 3.05) is 11.9 Å². The van der Waals surface area contributed by atoms with E-state index in [1.165, 1.54) is 6.20 Å². The zero-order valence-electron chi connectivity index (χ0n) is 10.2. The van der Waals surface area contributed by atoms with Crippen LogP contribution >= 0.6 is 0 Å². The summed E-state index contributed by atoms with van der Waals surface area (Å²) in [4.78, 5) is 21.0. The molecule has 0 bridgehead atoms. The molecule has 2 rings (SSSR count). The summed E-state index contributed by atoms with van der Waals surface area (Å²) in [5.41, 5.74) is 2.37. The lowest BCUT2D eigenvalue weighted by molar-refractivity contribution is 0.0697. The van der Waals surface area contributed by atoms with Gasteiger partial charge in [-0.1, -0.05) is 0 Å². The van der Waals surface area contributed by atoms with E-state index in [2.05, 4.69) is 9.97 Å². The van der Waals surface area contributed by atoms with Gasteiger partial charge in [0.2, 0.25) is 0 Å². The lowest BCUT2D eigenvalue weighted by Crippen LogP contribution is -2.15. The SMILES string of the molecule is Cc1cc(N(C)c2cccnc2)c(C(=O)O)cn1. The third-order valence-electron chi connectivity index (χ3n) is 2.64. The minimum atomic E-state index is -0.992. The van der Waals surface area contributed by atoms with Crippen molar-refractivity contribution in [1.82, 2.24) is 9.97 Å². The average molecular weight is 243 g/mol. The summed E-state index contributed by atoms with van der Waals surface area (Å²) in [7, 11) is 1.80. The van der Waals surface area contributed by atoms with Gasteiger partial charge in [-0.25, -0.2) is 4.79 Å². The number of aryl methyl sites for hydroxylation is 1. The monoisotopic (exact) mass is 243 g/mol. The Balaban J connectivity index is 2.50. The van der Waals surface area contributed by atoms with Crippen LogP contribution in [0.3, 0.4) is 0 Å². The molecule has 18 heavy (non-hydrogen) atoms. The standard InChI is InChI=1S/C13H13N3O2/c1-9-6-12(11(8-15-9)13(17)18)16(2)10-4-3-5-14-7-10/h3-8H,1-2H3,(H,17,18). The second-order valence-corrected chi connectivity index (χ2v) is 3.92. The molecular weight excluding hydrogens is 230 g/mol. The Hall–Kier alpha value is -2.43. The van der Waals surface area contributed by atoms with Crippen LogP contribution in [-0.4, -0.2) is 28.1 Å². The van der Waals surface area contributed by atoms with Gasteiger partial charge in [-0.2, -0.15) is 0 Å². The van der Waals surface area contributed by atoms with Crippen LogP contribution in [0, 0.1) is 6.92 Å². The zero-order valence-corrected chi connectivity index (χ0v) is 10.2. The number of anilines is 2. The largest absolute Gasteiger partial charge is 0.478 e. The minimum Gasteiger partial charge on any atom is -0.478 e. The molecule has 0 fully saturated rings. The van der Waals surface area contributed by atoms with E-state index >= 15 is 0 Å². The second kappa shape index (κ2) is 4.83. The van der Waals surface area contributed by atoms with Gasteiger partial charge < -0.3 is 10.0 Å². The van der Waals surface area contributed by atoms with E-state index in [0.29, 0.717) is 5.69 Å². The predicted molar refractivity (Wildman–Crippen MR) is 68.2 cm³/mol. The van der Waals surface area contributed by atoms with Gasteiger partial charge in [-0.05, 0) is 25.1 Å². The number of hydrogen-bond donors (Lipinski definition) is 1. The van der Waals surface area contributed by atoms with Crippen molar-refractivity contribution < 1.29 is 9.90 Å². The van der Waals surface area contributed by atoms with Crippen molar-refractivity contribution in [1.29, 1.82) is 0 Å². The molecule has 0 saturated heterocycles. The Kier molecular flexibility index (Phi) is 3.23. The first-order chi connectivity index (χ1) is 8.59. The molecule has 0 amide bonds. The highest BCUT2D eigenvalue weighted by Gasteiger charge is 2.15. The quantitative estimate of drug-likeness (QED) is 0.895. The molecule has 0 aromatic carbocycles. The number of carboxylic acid groups (broad SMARTS) is 1. The Labute approximate surface area is 105 Å². The predicted octanol–water partition coefficient (Wildman–Crippen LogP) is 2.25. The number of aromatic carboxylic acids is 1. The van der Waals surface area contributed by atoms with Crippen LogP contribution in [0.15, 0.2) is 36.8 Å². The summed E-state index contributed by atoms with van der Waals surface area (Å²) in [5.74, 6) is -0.992. The fourth-order valence-electron chi connectivity index (χ4n) is 1.68. The zero-order chi connectivity index (χ0) is 13.1. The molecule has 0 saturated carbocycles. The molecule has 2 aromatic heterocycles. The van der Waals surface area contributed by atoms with Crippen LogP contribution in [0.2, 0.25) is 0 Å². The maximum absolute atomic E-state index is 11.2. The fourth-order valence-corrected chi connectivity index (χ4v) is 1.68. The first-order valence-corrected chi connectivity index (χ1v) is 5.43. The molecule has 2 aromatic rings. The van der Waals surface area contributed by atoms with Crippen molar-refractivity contribution in [2.45, 2.75) is 6.92 Å². The van der Waals surface area contributed by atoms with Crippen LogP contribution < -0.4 is 4.90 Å². The van der Waals surface area contributed by atoms with Crippen molar-refractivity contribution in [3.05, 3.63) is 48.0 Å². The fraction of sp³-hybridized carbons (Fsp3) is 0.154. The highest BCUT2D eigenvalue weighted by molar-refractivity contribution is 5.95. The Bertz CT molecular complexity index is 570. The number of hydrogen-bond acceptors (Lipinski definition) is 4. The van der Waals surface area contributed by atoms with Gasteiger partial charge in [0.25, 0.3) is 0 Å². The van der Waals surface area contributed by atoms with Gasteiger partial charge >= 0.3 is 5.97 Å². The summed E-state index contributed by atoms with van der Waals surface area (Å²) in [5, 5.41) is 9.17. The highest BCUT2D eigenvalue weighted by atomic mass is 16.4. The number of carboxylic acids is 1. The molecule has 2 heterocycles. The van der Waals surface area contributed by atoms with Crippen molar-refractivity contribution in [3.63, 3.8) is 0 Å². The molecule has 0 aliphatic rings. The van der Waals surface area contributed by atoms with Gasteiger partial charge in [0.05, 0.1) is 17.6 Å². The van der Waals surface area contributed by atoms with Gasteiger partial charge in [-0.15, -0.1) is 0 Å². The summed E-state index contributed by atoms with van der Waals surface area (Å²) in [6, 6.07) is 5.42. The van der Waals surface area contributed by atoms with Gasteiger partial charge in [0.1, 0.15) is 5.56 Å². The number of aromatic nitrogens is 2. The third-order valence-corrected chi connectivity index (χ3v) is 2.64. The molecule has 5 heteroatoms. The summed E-state index contributed by atoms with van der Waals surface area (Å²) in [6.45, 7) is 1.83. The summed E-state index contributed by atoms with van der Waals surface area (Å²) in [6.07, 6.45) is 4.73. The lowest BCUT2D eigenvalue weighted by atomic mass is 10.2. The summed E-state index contributed by atoms with van der Waals surface area (Å²) >= 11 is 0. The molecule has 5 nitrogen and oxygen atoms in total. The molecule has 0 spiro atoms. The maximum Gasteiger partial charge on any atom is 0.339 e. The van der Waals surface area contributed by atoms with Gasteiger partial charge in [0.15, 0.2) is 0 Å². The molecule has 0 radical (unpaired) electrons. The van der Waals surface area contributed by atoms with Crippen molar-refractivity contribution >= 4 is 17.3 Å². The minimum absolute atomic E-state index is 0.173. The molecule has 0 aliphatic carbocycles. The van der Waals surface area contributed by atoms with Gasteiger partial charge in [0, 0.05) is 25.1 Å². The van der Waals surface area contributed by atoms with Crippen LogP contribution in [0.5, 0.6) is 0 Å². The molecule has 1 N–H and O–H groups in total. The topological polar surface area (TPSA) is 66.3 Å². The molecule has 92 valence electrons. The van der Waals surface area contributed by atoms with E-state index in [4.69, 9.17) is 0 Å². The normalized spacial score (nSPS) is 10.1. The van der Waals surface area contributed by atoms with E-state index in [1.54, 1.807) is 36.5 Å². The van der Waals surface area contributed by atoms with Crippen LogP contribution in [-0.2, 0) is 0 Å². The maximum atomic E-state index is 11.2. The summed E-state index contributed by atoms with van der Waals surface area (Å²) < 4.78 is 0. The number of rotatable bonds is 3. The lowest BCUT2D eigenvalue weighted by Gasteiger charge is -2.21. The van der Waals surface area contributed by atoms with E-state index in [-0.39, 0.29) is 5.56 Å². The van der Waals surface area contributed by atoms with Crippen LogP contribution in [0.25, 0.3) is 0 Å². The van der Waals surface area contributed by atoms with Crippen LogP contribution in [0.1, 0.15) is 16.1 Å². The number of carbonyl (C=O) groups is 1. The average Bonchev–Trinajstić information content (AvgIpc) is 2.38. The Morgan fingerprint density at radius 2 is 2.17 bits per heavy atom. The number of nitrogens with zero attached hydrogens (tertiary/aromatic N) is 3. The smallest absolute Gasteiger partial charge is 0.339 e. The van der Waals surface area contributed by atoms with Crippen molar-refractivity contribution in [3.8, 4) is 0 Å². The molecule has 0 unspecified atom stereocenters. The first-order valence-electron chi connectivity index (χ1n) is 5.43. The van der Waals surface area contributed by atoms with Crippen molar-refractivity contribution in [2.24, 2.45) is 0 Å². The van der Waals surface area contributed by atoms with E-state index in [0.717, 1.165) is 11.4 Å². The highest BCUT2D eigenvalue weighted by Crippen LogP contribution is 2.26. The Morgan fingerprint density at radius 1 is 1.39 bits per heavy atom. The molecule has 0 aliphatic heterocycles. The Morgan fingerprint density at radius 3 is 2.78 bits per heavy atom. The number of pyridine rings is 2. The van der Waals surface area contributed by atoms with E-state index < -0.39 is 5.97 Å².